The lowest BCUT2D eigenvalue weighted by molar-refractivity contribution is 0.581. The van der Waals surface area contributed by atoms with Gasteiger partial charge in [-0.1, -0.05) is 37.5 Å². The molecule has 1 aromatic carbocycles. The Hall–Kier alpha value is -1.88. The molecule has 0 saturated carbocycles. The molecule has 0 aliphatic carbocycles. The topological polar surface area (TPSA) is 0 Å². The van der Waals surface area contributed by atoms with Gasteiger partial charge in [0.15, 0.2) is 0 Å². The van der Waals surface area contributed by atoms with Crippen molar-refractivity contribution in [3.05, 3.63) is 58.7 Å². The van der Waals surface area contributed by atoms with Gasteiger partial charge in [0.05, 0.1) is 0 Å². The largest absolute Gasteiger partial charge is 0.207 e. The van der Waals surface area contributed by atoms with Crippen molar-refractivity contribution in [1.82, 2.24) is 0 Å². The molecular weight excluding hydrogens is 266 g/mol. The van der Waals surface area contributed by atoms with E-state index in [1.165, 1.54) is 23.3 Å². The Kier molecular flexibility index (Phi) is 9.05. The molecule has 2 heteroatoms. The van der Waals surface area contributed by atoms with E-state index in [2.05, 4.69) is 51.7 Å². The van der Waals surface area contributed by atoms with E-state index in [-0.39, 0.29) is 0 Å². The van der Waals surface area contributed by atoms with Gasteiger partial charge in [-0.2, -0.15) is 0 Å². The second-order valence-electron chi connectivity index (χ2n) is 5.34. The zero-order valence-corrected chi connectivity index (χ0v) is 13.7. The van der Waals surface area contributed by atoms with Crippen molar-refractivity contribution >= 4 is 0 Å². The predicted octanol–water partition coefficient (Wildman–Crippen LogP) is 5.83. The maximum absolute atomic E-state index is 12.2. The third-order valence-electron chi connectivity index (χ3n) is 2.49. The molecule has 0 unspecified atom stereocenters. The molecule has 0 aliphatic heterocycles. The molecule has 0 N–H and O–H groups in total. The Labute approximate surface area is 127 Å². The van der Waals surface area contributed by atoms with Crippen LogP contribution < -0.4 is 0 Å². The highest BCUT2D eigenvalue weighted by Crippen LogP contribution is 2.08. The van der Waals surface area contributed by atoms with Crippen LogP contribution in [0.2, 0.25) is 0 Å². The minimum absolute atomic E-state index is 0.521. The molecule has 0 radical (unpaired) electrons. The Morgan fingerprint density at radius 1 is 1.05 bits per heavy atom. The number of halogens is 2. The molecule has 0 saturated heterocycles. The van der Waals surface area contributed by atoms with Crippen LogP contribution >= 0.6 is 0 Å². The van der Waals surface area contributed by atoms with E-state index in [9.17, 15) is 8.78 Å². The lowest BCUT2D eigenvalue weighted by atomic mass is 10.0. The summed E-state index contributed by atoms with van der Waals surface area (Å²) >= 11 is 0. The molecule has 0 spiro atoms. The van der Waals surface area contributed by atoms with Crippen LogP contribution in [0.15, 0.2) is 41.5 Å². The molecule has 21 heavy (non-hydrogen) atoms. The van der Waals surface area contributed by atoms with Crippen molar-refractivity contribution < 1.29 is 8.78 Å². The van der Waals surface area contributed by atoms with Crippen LogP contribution in [-0.4, -0.2) is 0 Å². The highest BCUT2D eigenvalue weighted by atomic mass is 19.1. The summed E-state index contributed by atoms with van der Waals surface area (Å²) in [6.07, 6.45) is 4.22. The quantitative estimate of drug-likeness (QED) is 0.474. The normalized spacial score (nSPS) is 10.2. The number of hydrogen-bond donors (Lipinski definition) is 0. The predicted molar refractivity (Wildman–Crippen MR) is 86.9 cm³/mol. The molecule has 0 aromatic heterocycles. The van der Waals surface area contributed by atoms with Gasteiger partial charge in [-0.05, 0) is 51.3 Å². The number of aryl methyl sites for hydroxylation is 1. The smallest absolute Gasteiger partial charge is 0.126 e. The lowest BCUT2D eigenvalue weighted by Crippen LogP contribution is -1.89. The SMILES string of the molecule is CC#C/C(=C/C=C(C)C)C(C)C.Cc1cc(F)cc(F)c1. The van der Waals surface area contributed by atoms with Crippen LogP contribution in [-0.2, 0) is 0 Å². The first kappa shape index (κ1) is 19.1. The third kappa shape index (κ3) is 9.62. The standard InChI is InChI=1S/C12H18.C7H6F2/c1-6-7-12(11(4)5)9-8-10(2)3;1-5-2-6(8)4-7(9)3-5/h8-9,11H,1-5H3;2-4H,1H3/b12-9-;. The van der Waals surface area contributed by atoms with Crippen molar-refractivity contribution in [2.75, 3.05) is 0 Å². The van der Waals surface area contributed by atoms with E-state index in [1.54, 1.807) is 6.92 Å². The Balaban J connectivity index is 0.000000394. The van der Waals surface area contributed by atoms with Gasteiger partial charge in [0.1, 0.15) is 11.6 Å². The molecule has 0 amide bonds. The molecule has 0 atom stereocenters. The highest BCUT2D eigenvalue weighted by molar-refractivity contribution is 5.33. The summed E-state index contributed by atoms with van der Waals surface area (Å²) in [6.45, 7) is 12.0. The summed E-state index contributed by atoms with van der Waals surface area (Å²) in [4.78, 5) is 0. The van der Waals surface area contributed by atoms with Gasteiger partial charge in [-0.3, -0.25) is 0 Å². The first-order valence-electron chi connectivity index (χ1n) is 6.96. The van der Waals surface area contributed by atoms with E-state index in [4.69, 9.17) is 0 Å². The van der Waals surface area contributed by atoms with Crippen LogP contribution in [0.5, 0.6) is 0 Å². The summed E-state index contributed by atoms with van der Waals surface area (Å²) in [7, 11) is 0. The number of benzene rings is 1. The van der Waals surface area contributed by atoms with E-state index < -0.39 is 11.6 Å². The molecule has 114 valence electrons. The van der Waals surface area contributed by atoms with E-state index in [0.29, 0.717) is 11.5 Å². The number of rotatable bonds is 2. The minimum atomic E-state index is -0.521. The number of hydrogen-bond acceptors (Lipinski definition) is 0. The zero-order valence-electron chi connectivity index (χ0n) is 13.7. The number of allylic oxidation sites excluding steroid dienone is 4. The highest BCUT2D eigenvalue weighted by Gasteiger charge is 1.96. The second kappa shape index (κ2) is 9.94. The Morgan fingerprint density at radius 2 is 1.57 bits per heavy atom. The summed E-state index contributed by atoms with van der Waals surface area (Å²) in [5.74, 6) is 5.51. The summed E-state index contributed by atoms with van der Waals surface area (Å²) in [5, 5.41) is 0. The molecule has 1 rings (SSSR count). The average Bonchev–Trinajstić information content (AvgIpc) is 2.32. The van der Waals surface area contributed by atoms with Gasteiger partial charge in [0.2, 0.25) is 0 Å². The molecule has 0 aliphatic rings. The molecule has 1 aromatic rings. The van der Waals surface area contributed by atoms with Crippen LogP contribution in [0.1, 0.15) is 40.2 Å². The van der Waals surface area contributed by atoms with Crippen molar-refractivity contribution in [3.8, 4) is 11.8 Å². The van der Waals surface area contributed by atoms with E-state index in [0.717, 1.165) is 6.07 Å². The fourth-order valence-electron chi connectivity index (χ4n) is 1.47. The molecule has 0 bridgehead atoms. The van der Waals surface area contributed by atoms with Crippen LogP contribution in [0.25, 0.3) is 0 Å². The summed E-state index contributed by atoms with van der Waals surface area (Å²) < 4.78 is 24.4. The minimum Gasteiger partial charge on any atom is -0.207 e. The van der Waals surface area contributed by atoms with Crippen molar-refractivity contribution in [3.63, 3.8) is 0 Å². The zero-order chi connectivity index (χ0) is 16.4. The summed E-state index contributed by atoms with van der Waals surface area (Å²) in [6, 6.07) is 3.42. The van der Waals surface area contributed by atoms with Crippen LogP contribution in [0.3, 0.4) is 0 Å². The van der Waals surface area contributed by atoms with Gasteiger partial charge in [-0.15, -0.1) is 5.92 Å². The van der Waals surface area contributed by atoms with Gasteiger partial charge in [0.25, 0.3) is 0 Å². The van der Waals surface area contributed by atoms with Crippen molar-refractivity contribution in [1.29, 1.82) is 0 Å². The first-order chi connectivity index (χ1) is 9.76. The van der Waals surface area contributed by atoms with Gasteiger partial charge in [0, 0.05) is 11.6 Å². The fourth-order valence-corrected chi connectivity index (χ4v) is 1.47. The van der Waals surface area contributed by atoms with Gasteiger partial charge < -0.3 is 0 Å². The van der Waals surface area contributed by atoms with E-state index in [1.807, 2.05) is 6.92 Å². The Morgan fingerprint density at radius 3 is 1.90 bits per heavy atom. The second-order valence-corrected chi connectivity index (χ2v) is 5.34. The molecule has 0 fully saturated rings. The Bertz CT molecular complexity index is 512. The first-order valence-corrected chi connectivity index (χ1v) is 6.96. The van der Waals surface area contributed by atoms with Crippen molar-refractivity contribution in [2.24, 2.45) is 5.92 Å². The average molecular weight is 290 g/mol. The fraction of sp³-hybridized carbons (Fsp3) is 0.368. The molecule has 0 nitrogen and oxygen atoms in total. The van der Waals surface area contributed by atoms with Crippen LogP contribution in [0, 0.1) is 36.3 Å². The lowest BCUT2D eigenvalue weighted by Gasteiger charge is -2.01. The van der Waals surface area contributed by atoms with Crippen LogP contribution in [0.4, 0.5) is 8.78 Å². The maximum atomic E-state index is 12.2. The van der Waals surface area contributed by atoms with E-state index >= 15 is 0 Å². The van der Waals surface area contributed by atoms with Gasteiger partial charge >= 0.3 is 0 Å². The van der Waals surface area contributed by atoms with Gasteiger partial charge in [-0.25, -0.2) is 8.78 Å². The monoisotopic (exact) mass is 290 g/mol. The molecular formula is C19H24F2. The molecule has 0 heterocycles. The maximum Gasteiger partial charge on any atom is 0.126 e. The van der Waals surface area contributed by atoms with Crippen molar-refractivity contribution in [2.45, 2.75) is 41.5 Å². The summed E-state index contributed by atoms with van der Waals surface area (Å²) in [5.41, 5.74) is 3.12. The third-order valence-corrected chi connectivity index (χ3v) is 2.49.